The third-order valence-corrected chi connectivity index (χ3v) is 4.20. The number of halogens is 3. The van der Waals surface area contributed by atoms with Gasteiger partial charge in [-0.05, 0) is 36.4 Å². The van der Waals surface area contributed by atoms with Crippen LogP contribution in [0, 0.1) is 17.5 Å². The first kappa shape index (κ1) is 20.8. The maximum atomic E-state index is 13.2. The van der Waals surface area contributed by atoms with Gasteiger partial charge in [0.25, 0.3) is 5.91 Å². The smallest absolute Gasteiger partial charge is 0.268 e. The average Bonchev–Trinajstić information content (AvgIpc) is 3.15. The van der Waals surface area contributed by atoms with E-state index in [-0.39, 0.29) is 17.8 Å². The van der Waals surface area contributed by atoms with Gasteiger partial charge >= 0.3 is 0 Å². The molecular formula is C19H16F3N5O3. The van der Waals surface area contributed by atoms with Gasteiger partial charge in [0.15, 0.2) is 11.6 Å². The predicted octanol–water partition coefficient (Wildman–Crippen LogP) is 1.28. The van der Waals surface area contributed by atoms with Crippen molar-refractivity contribution in [2.45, 2.75) is 12.5 Å². The van der Waals surface area contributed by atoms with Gasteiger partial charge in [0.05, 0.1) is 12.2 Å². The Balaban J connectivity index is 1.63. The van der Waals surface area contributed by atoms with E-state index in [0.717, 1.165) is 18.2 Å². The highest BCUT2D eigenvalue weighted by Gasteiger charge is 2.35. The van der Waals surface area contributed by atoms with Crippen molar-refractivity contribution >= 4 is 34.8 Å². The Morgan fingerprint density at radius 3 is 2.40 bits per heavy atom. The van der Waals surface area contributed by atoms with Crippen LogP contribution >= 0.6 is 0 Å². The number of carbonyl (C=O) groups excluding carboxylic acids is 3. The fraction of sp³-hybridized carbons (Fsp3) is 0.158. The van der Waals surface area contributed by atoms with E-state index in [9.17, 15) is 27.6 Å². The minimum absolute atomic E-state index is 0.0163. The van der Waals surface area contributed by atoms with Crippen LogP contribution in [0.4, 0.5) is 24.5 Å². The lowest BCUT2D eigenvalue weighted by Gasteiger charge is -2.20. The number of benzene rings is 2. The molecule has 0 fully saturated rings. The number of carbonyl (C=O) groups is 3. The molecule has 3 amide bonds. The third-order valence-electron chi connectivity index (χ3n) is 4.20. The highest BCUT2D eigenvalue weighted by atomic mass is 19.2. The number of hydrogen-bond donors (Lipinski definition) is 3. The molecule has 0 unspecified atom stereocenters. The molecule has 2 aromatic carbocycles. The van der Waals surface area contributed by atoms with E-state index in [1.165, 1.54) is 29.3 Å². The first-order chi connectivity index (χ1) is 14.2. The second-order valence-corrected chi connectivity index (χ2v) is 6.35. The van der Waals surface area contributed by atoms with Gasteiger partial charge in [-0.3, -0.25) is 19.4 Å². The average molecular weight is 419 g/mol. The molecule has 0 spiro atoms. The zero-order chi connectivity index (χ0) is 21.8. The predicted molar refractivity (Wildman–Crippen MR) is 102 cm³/mol. The van der Waals surface area contributed by atoms with E-state index >= 15 is 0 Å². The van der Waals surface area contributed by atoms with Gasteiger partial charge in [0, 0.05) is 18.2 Å². The molecule has 11 heteroatoms. The molecular weight excluding hydrogens is 403 g/mol. The van der Waals surface area contributed by atoms with Gasteiger partial charge in [-0.2, -0.15) is 5.10 Å². The van der Waals surface area contributed by atoms with Gasteiger partial charge in [-0.25, -0.2) is 13.2 Å². The molecule has 1 atom stereocenters. The van der Waals surface area contributed by atoms with Gasteiger partial charge in [-0.15, -0.1) is 0 Å². The summed E-state index contributed by atoms with van der Waals surface area (Å²) in [5.41, 5.74) is 5.69. The largest absolute Gasteiger partial charge is 0.368 e. The van der Waals surface area contributed by atoms with Crippen LogP contribution in [-0.4, -0.2) is 36.0 Å². The quantitative estimate of drug-likeness (QED) is 0.654. The highest BCUT2D eigenvalue weighted by molar-refractivity contribution is 6.40. The summed E-state index contributed by atoms with van der Waals surface area (Å²) in [6.45, 7) is -0.478. The summed E-state index contributed by atoms with van der Waals surface area (Å²) < 4.78 is 39.2. The van der Waals surface area contributed by atoms with Crippen molar-refractivity contribution < 1.29 is 27.6 Å². The molecule has 0 aromatic heterocycles. The van der Waals surface area contributed by atoms with Gasteiger partial charge < -0.3 is 16.4 Å². The van der Waals surface area contributed by atoms with Crippen molar-refractivity contribution in [3.05, 3.63) is 59.9 Å². The Morgan fingerprint density at radius 1 is 1.07 bits per heavy atom. The number of hydrazone groups is 1. The zero-order valence-electron chi connectivity index (χ0n) is 15.4. The van der Waals surface area contributed by atoms with E-state index in [1.54, 1.807) is 0 Å². The minimum Gasteiger partial charge on any atom is -0.368 e. The summed E-state index contributed by atoms with van der Waals surface area (Å²) in [7, 11) is 0. The second kappa shape index (κ2) is 8.64. The maximum absolute atomic E-state index is 13.2. The van der Waals surface area contributed by atoms with E-state index in [2.05, 4.69) is 15.7 Å². The summed E-state index contributed by atoms with van der Waals surface area (Å²) >= 11 is 0. The number of hydrogen-bond acceptors (Lipinski definition) is 5. The topological polar surface area (TPSA) is 117 Å². The molecule has 0 bridgehead atoms. The monoisotopic (exact) mass is 419 g/mol. The van der Waals surface area contributed by atoms with Crippen LogP contribution in [0.3, 0.4) is 0 Å². The Hall–Kier alpha value is -3.89. The zero-order valence-corrected chi connectivity index (χ0v) is 15.4. The Labute approximate surface area is 168 Å². The number of primary amides is 1. The molecule has 156 valence electrons. The fourth-order valence-electron chi connectivity index (χ4n) is 2.74. The van der Waals surface area contributed by atoms with Crippen molar-refractivity contribution in [3.63, 3.8) is 0 Å². The first-order valence-electron chi connectivity index (χ1n) is 8.69. The molecule has 0 saturated heterocycles. The molecule has 0 aliphatic carbocycles. The van der Waals surface area contributed by atoms with Crippen LogP contribution in [0.1, 0.15) is 6.42 Å². The molecule has 8 nitrogen and oxygen atoms in total. The Morgan fingerprint density at radius 2 is 1.77 bits per heavy atom. The molecule has 1 heterocycles. The Kier molecular flexibility index (Phi) is 6.00. The fourth-order valence-corrected chi connectivity index (χ4v) is 2.74. The van der Waals surface area contributed by atoms with E-state index in [4.69, 9.17) is 5.73 Å². The summed E-state index contributed by atoms with van der Waals surface area (Å²) in [6, 6.07) is 6.96. The SMILES string of the molecule is NC(=O)[C@H]1CC(C(=O)NCC(=O)Nc2ccc(F)c(F)c2)=NN1c1ccc(F)cc1. The number of amides is 3. The number of nitrogens with one attached hydrogen (secondary N) is 2. The van der Waals surface area contributed by atoms with Gasteiger partial charge in [0.2, 0.25) is 11.8 Å². The van der Waals surface area contributed by atoms with Crippen LogP contribution < -0.4 is 21.4 Å². The van der Waals surface area contributed by atoms with E-state index in [0.29, 0.717) is 5.69 Å². The van der Waals surface area contributed by atoms with Crippen LogP contribution in [0.2, 0.25) is 0 Å². The van der Waals surface area contributed by atoms with Crippen molar-refractivity contribution in [2.24, 2.45) is 10.8 Å². The summed E-state index contributed by atoms with van der Waals surface area (Å²) in [5.74, 6) is -4.81. The Bertz CT molecular complexity index is 1030. The molecule has 0 radical (unpaired) electrons. The molecule has 30 heavy (non-hydrogen) atoms. The second-order valence-electron chi connectivity index (χ2n) is 6.35. The maximum Gasteiger partial charge on any atom is 0.268 e. The summed E-state index contributed by atoms with van der Waals surface area (Å²) in [4.78, 5) is 36.0. The van der Waals surface area contributed by atoms with Gasteiger partial charge in [0.1, 0.15) is 17.6 Å². The van der Waals surface area contributed by atoms with Crippen molar-refractivity contribution in [1.29, 1.82) is 0 Å². The van der Waals surface area contributed by atoms with Crippen molar-refractivity contribution in [3.8, 4) is 0 Å². The van der Waals surface area contributed by atoms with Crippen LogP contribution in [-0.2, 0) is 14.4 Å². The van der Waals surface area contributed by atoms with Crippen LogP contribution in [0.25, 0.3) is 0 Å². The van der Waals surface area contributed by atoms with Crippen molar-refractivity contribution in [2.75, 3.05) is 16.9 Å². The molecule has 1 aliphatic rings. The summed E-state index contributed by atoms with van der Waals surface area (Å²) in [6.07, 6.45) is -0.108. The minimum atomic E-state index is -1.13. The first-order valence-corrected chi connectivity index (χ1v) is 8.69. The lowest BCUT2D eigenvalue weighted by atomic mass is 10.1. The molecule has 2 aromatic rings. The lowest BCUT2D eigenvalue weighted by Crippen LogP contribution is -2.40. The lowest BCUT2D eigenvalue weighted by molar-refractivity contribution is -0.120. The molecule has 4 N–H and O–H groups in total. The number of nitrogens with two attached hydrogens (primary N) is 1. The number of rotatable bonds is 6. The number of nitrogens with zero attached hydrogens (tertiary/aromatic N) is 2. The third kappa shape index (κ3) is 4.74. The van der Waals surface area contributed by atoms with Crippen LogP contribution in [0.5, 0.6) is 0 Å². The highest BCUT2D eigenvalue weighted by Crippen LogP contribution is 2.24. The van der Waals surface area contributed by atoms with Crippen LogP contribution in [0.15, 0.2) is 47.6 Å². The standard InChI is InChI=1S/C19H16F3N5O3/c20-10-1-4-12(5-2-10)27-16(18(23)29)8-15(26-27)19(30)24-9-17(28)25-11-3-6-13(21)14(22)7-11/h1-7,16H,8-9H2,(H2,23,29)(H,24,30)(H,25,28)/t16-/m1/s1. The van der Waals surface area contributed by atoms with E-state index in [1.807, 2.05) is 0 Å². The summed E-state index contributed by atoms with van der Waals surface area (Å²) in [5, 5.41) is 9.90. The molecule has 3 rings (SSSR count). The number of anilines is 2. The van der Waals surface area contributed by atoms with E-state index < -0.39 is 47.8 Å². The molecule has 0 saturated carbocycles. The normalized spacial score (nSPS) is 15.5. The van der Waals surface area contributed by atoms with Gasteiger partial charge in [-0.1, -0.05) is 0 Å². The van der Waals surface area contributed by atoms with Crippen molar-refractivity contribution in [1.82, 2.24) is 5.32 Å². The molecule has 1 aliphatic heterocycles.